The van der Waals surface area contributed by atoms with Crippen LogP contribution in [-0.4, -0.2) is 31.2 Å². The van der Waals surface area contributed by atoms with Crippen LogP contribution < -0.4 is 9.47 Å². The van der Waals surface area contributed by atoms with Gasteiger partial charge in [0.1, 0.15) is 17.7 Å². The zero-order valence-corrected chi connectivity index (χ0v) is 21.5. The first-order chi connectivity index (χ1) is 18.0. The van der Waals surface area contributed by atoms with Crippen molar-refractivity contribution in [1.29, 1.82) is 0 Å². The topological polar surface area (TPSA) is 38.8 Å². The summed E-state index contributed by atoms with van der Waals surface area (Å²) in [4.78, 5) is 14.5. The van der Waals surface area contributed by atoms with Crippen LogP contribution in [0.5, 0.6) is 11.5 Å². The van der Waals surface area contributed by atoms with Gasteiger partial charge in [0.25, 0.3) is 0 Å². The average molecular weight is 490 g/mol. The van der Waals surface area contributed by atoms with Crippen molar-refractivity contribution < 1.29 is 14.3 Å². The highest BCUT2D eigenvalue weighted by atomic mass is 16.5. The van der Waals surface area contributed by atoms with Crippen molar-refractivity contribution in [2.24, 2.45) is 0 Å². The molecule has 4 aromatic carbocycles. The van der Waals surface area contributed by atoms with Crippen LogP contribution in [-0.2, 0) is 6.42 Å². The molecule has 0 aliphatic heterocycles. The molecule has 1 aliphatic rings. The van der Waals surface area contributed by atoms with E-state index < -0.39 is 0 Å². The number of carbonyl (C=O) groups excluding carboxylic acids is 1. The Hall–Kier alpha value is -4.15. The van der Waals surface area contributed by atoms with E-state index in [-0.39, 0.29) is 12.2 Å². The zero-order valence-electron chi connectivity index (χ0n) is 21.5. The van der Waals surface area contributed by atoms with E-state index in [1.165, 1.54) is 22.3 Å². The molecular weight excluding hydrogens is 458 g/mol. The number of carbonyl (C=O) groups is 1. The van der Waals surface area contributed by atoms with Gasteiger partial charge in [0.15, 0.2) is 0 Å². The molecule has 4 nitrogen and oxygen atoms in total. The third-order valence-electron chi connectivity index (χ3n) is 6.83. The standard InChI is InChI=1S/C33H31NO3/c1-23(34(2)3)36-28-18-13-25(14-19-28)32(31-22-17-24-9-7-8-12-30(24)31)26-15-20-29(21-16-26)37-33(35)27-10-5-4-6-11-27/h4-16,18-21,23H,17,22H2,1-3H3/b32-31-. The van der Waals surface area contributed by atoms with Gasteiger partial charge < -0.3 is 9.47 Å². The number of nitrogens with zero attached hydrogens (tertiary/aromatic N) is 1. The Labute approximate surface area is 218 Å². The SMILES string of the molecule is CC(Oc1ccc(/C(=C2\CCc3ccccc32)c2ccc(OC(=O)c3ccccc3)cc2)cc1)N(C)C. The molecule has 4 aromatic rings. The first-order valence-electron chi connectivity index (χ1n) is 12.6. The minimum absolute atomic E-state index is 0.0171. The summed E-state index contributed by atoms with van der Waals surface area (Å²) in [5.41, 5.74) is 7.95. The Kier molecular flexibility index (Phi) is 7.20. The lowest BCUT2D eigenvalue weighted by Gasteiger charge is -2.21. The molecule has 37 heavy (non-hydrogen) atoms. The molecule has 0 amide bonds. The fraction of sp³-hybridized carbons (Fsp3) is 0.182. The Morgan fingerprint density at radius 3 is 1.95 bits per heavy atom. The molecule has 1 aliphatic carbocycles. The van der Waals surface area contributed by atoms with Gasteiger partial charge in [0.2, 0.25) is 0 Å². The second-order valence-corrected chi connectivity index (χ2v) is 9.50. The van der Waals surface area contributed by atoms with E-state index in [2.05, 4.69) is 36.4 Å². The van der Waals surface area contributed by atoms with Crippen molar-refractivity contribution >= 4 is 17.1 Å². The van der Waals surface area contributed by atoms with Crippen molar-refractivity contribution in [2.75, 3.05) is 14.1 Å². The molecule has 0 heterocycles. The van der Waals surface area contributed by atoms with E-state index in [9.17, 15) is 4.79 Å². The van der Waals surface area contributed by atoms with Gasteiger partial charge in [-0.2, -0.15) is 0 Å². The second kappa shape index (κ2) is 10.9. The summed E-state index contributed by atoms with van der Waals surface area (Å²) in [6.45, 7) is 2.03. The number of fused-ring (bicyclic) bond motifs is 1. The van der Waals surface area contributed by atoms with E-state index in [1.807, 2.05) is 80.5 Å². The summed E-state index contributed by atoms with van der Waals surface area (Å²) in [5, 5.41) is 0. The molecular formula is C33H31NO3. The fourth-order valence-corrected chi connectivity index (χ4v) is 4.63. The van der Waals surface area contributed by atoms with Crippen LogP contribution in [0.3, 0.4) is 0 Å². The van der Waals surface area contributed by atoms with E-state index >= 15 is 0 Å². The number of esters is 1. The van der Waals surface area contributed by atoms with Crippen LogP contribution in [0.1, 0.15) is 46.0 Å². The van der Waals surface area contributed by atoms with E-state index in [1.54, 1.807) is 12.1 Å². The lowest BCUT2D eigenvalue weighted by Crippen LogP contribution is -2.30. The molecule has 186 valence electrons. The molecule has 0 saturated heterocycles. The van der Waals surface area contributed by atoms with Crippen LogP contribution in [0.25, 0.3) is 11.1 Å². The smallest absolute Gasteiger partial charge is 0.343 e. The van der Waals surface area contributed by atoms with Crippen LogP contribution in [0.4, 0.5) is 0 Å². The summed E-state index contributed by atoms with van der Waals surface area (Å²) in [5.74, 6) is 0.999. The van der Waals surface area contributed by atoms with E-state index in [0.717, 1.165) is 29.7 Å². The Balaban J connectivity index is 1.48. The van der Waals surface area contributed by atoms with Gasteiger partial charge in [0, 0.05) is 0 Å². The number of ether oxygens (including phenoxy) is 2. The molecule has 0 spiro atoms. The van der Waals surface area contributed by atoms with Crippen LogP contribution in [0.2, 0.25) is 0 Å². The van der Waals surface area contributed by atoms with Crippen LogP contribution >= 0.6 is 0 Å². The molecule has 0 radical (unpaired) electrons. The average Bonchev–Trinajstić information content (AvgIpc) is 3.35. The van der Waals surface area contributed by atoms with Crippen molar-refractivity contribution in [3.05, 3.63) is 131 Å². The maximum Gasteiger partial charge on any atom is 0.343 e. The van der Waals surface area contributed by atoms with Crippen LogP contribution in [0.15, 0.2) is 103 Å². The molecule has 0 fully saturated rings. The molecule has 1 atom stereocenters. The monoisotopic (exact) mass is 489 g/mol. The molecule has 0 bridgehead atoms. The lowest BCUT2D eigenvalue weighted by molar-refractivity contribution is 0.0734. The van der Waals surface area contributed by atoms with Gasteiger partial charge in [-0.3, -0.25) is 4.90 Å². The highest BCUT2D eigenvalue weighted by molar-refractivity contribution is 6.00. The van der Waals surface area contributed by atoms with Gasteiger partial charge in [-0.05, 0) is 104 Å². The largest absolute Gasteiger partial charge is 0.475 e. The quantitative estimate of drug-likeness (QED) is 0.158. The van der Waals surface area contributed by atoms with E-state index in [4.69, 9.17) is 9.47 Å². The van der Waals surface area contributed by atoms with Gasteiger partial charge in [0.05, 0.1) is 5.56 Å². The van der Waals surface area contributed by atoms with Gasteiger partial charge in [-0.25, -0.2) is 4.79 Å². The van der Waals surface area contributed by atoms with Crippen molar-refractivity contribution in [3.63, 3.8) is 0 Å². The van der Waals surface area contributed by atoms with Crippen molar-refractivity contribution in [2.45, 2.75) is 26.0 Å². The van der Waals surface area contributed by atoms with Crippen molar-refractivity contribution in [1.82, 2.24) is 4.90 Å². The Morgan fingerprint density at radius 1 is 0.703 bits per heavy atom. The summed E-state index contributed by atoms with van der Waals surface area (Å²) >= 11 is 0. The van der Waals surface area contributed by atoms with E-state index in [0.29, 0.717) is 11.3 Å². The van der Waals surface area contributed by atoms with Crippen molar-refractivity contribution in [3.8, 4) is 11.5 Å². The maximum absolute atomic E-state index is 12.5. The predicted octanol–water partition coefficient (Wildman–Crippen LogP) is 7.10. The van der Waals surface area contributed by atoms with Gasteiger partial charge in [-0.15, -0.1) is 0 Å². The maximum atomic E-state index is 12.5. The molecule has 0 N–H and O–H groups in total. The molecule has 0 aromatic heterocycles. The summed E-state index contributed by atoms with van der Waals surface area (Å²) in [7, 11) is 4.00. The number of hydrogen-bond donors (Lipinski definition) is 0. The van der Waals surface area contributed by atoms with Gasteiger partial charge in [-0.1, -0.05) is 66.7 Å². The predicted molar refractivity (Wildman–Crippen MR) is 149 cm³/mol. The number of allylic oxidation sites excluding steroid dienone is 1. The Morgan fingerprint density at radius 2 is 1.30 bits per heavy atom. The summed E-state index contributed by atoms with van der Waals surface area (Å²) in [6.07, 6.45) is 2.00. The Bertz CT molecular complexity index is 1400. The molecule has 0 saturated carbocycles. The van der Waals surface area contributed by atoms with Gasteiger partial charge >= 0.3 is 5.97 Å². The lowest BCUT2D eigenvalue weighted by atomic mass is 9.90. The third kappa shape index (κ3) is 5.50. The number of hydrogen-bond acceptors (Lipinski definition) is 4. The third-order valence-corrected chi connectivity index (χ3v) is 6.83. The zero-order chi connectivity index (χ0) is 25.8. The first-order valence-corrected chi connectivity index (χ1v) is 12.6. The normalized spacial score (nSPS) is 14.7. The second-order valence-electron chi connectivity index (χ2n) is 9.50. The fourth-order valence-electron chi connectivity index (χ4n) is 4.63. The molecule has 1 unspecified atom stereocenters. The number of rotatable bonds is 7. The highest BCUT2D eigenvalue weighted by Gasteiger charge is 2.22. The van der Waals surface area contributed by atoms with Crippen LogP contribution in [0, 0.1) is 0 Å². The minimum Gasteiger partial charge on any atom is -0.475 e. The molecule has 5 rings (SSSR count). The summed E-state index contributed by atoms with van der Waals surface area (Å²) < 4.78 is 11.7. The number of aryl methyl sites for hydroxylation is 1. The highest BCUT2D eigenvalue weighted by Crippen LogP contribution is 2.41. The molecule has 4 heteroatoms. The number of benzene rings is 4. The first kappa shape index (κ1) is 24.5. The summed E-state index contributed by atoms with van der Waals surface area (Å²) in [6, 6.07) is 33.8. The minimum atomic E-state index is -0.362.